The molecule has 24 heavy (non-hydrogen) atoms. The average Bonchev–Trinajstić information content (AvgIpc) is 2.54. The Bertz CT molecular complexity index is 749. The molecule has 0 saturated carbocycles. The summed E-state index contributed by atoms with van der Waals surface area (Å²) in [5, 5.41) is 20.6. The van der Waals surface area contributed by atoms with Gasteiger partial charge in [0.15, 0.2) is 0 Å². The molecular formula is C17H18N2O4S. The number of nitrogens with zero attached hydrogens (tertiary/aromatic N) is 2. The number of rotatable bonds is 6. The average molecular weight is 346 g/mol. The van der Waals surface area contributed by atoms with Crippen LogP contribution in [0.2, 0.25) is 0 Å². The maximum absolute atomic E-state index is 12.6. The van der Waals surface area contributed by atoms with Crippen LogP contribution in [0.15, 0.2) is 58.3 Å². The van der Waals surface area contributed by atoms with Crippen molar-refractivity contribution >= 4 is 23.4 Å². The van der Waals surface area contributed by atoms with Crippen molar-refractivity contribution in [2.45, 2.75) is 22.8 Å². The summed E-state index contributed by atoms with van der Waals surface area (Å²) in [6.07, 6.45) is -0.631. The number of hydrogen-bond donors (Lipinski definition) is 1. The molecule has 1 amide bonds. The van der Waals surface area contributed by atoms with Crippen LogP contribution < -0.4 is 0 Å². The molecule has 7 heteroatoms. The van der Waals surface area contributed by atoms with Gasteiger partial charge in [-0.1, -0.05) is 36.0 Å². The van der Waals surface area contributed by atoms with Crippen LogP contribution in [0, 0.1) is 10.1 Å². The summed E-state index contributed by atoms with van der Waals surface area (Å²) < 4.78 is 0. The number of hydrogen-bond acceptors (Lipinski definition) is 5. The number of nitro benzene ring substituents is 1. The Balaban J connectivity index is 2.33. The fourth-order valence-electron chi connectivity index (χ4n) is 2.23. The Morgan fingerprint density at radius 1 is 1.21 bits per heavy atom. The lowest BCUT2D eigenvalue weighted by Crippen LogP contribution is -2.33. The van der Waals surface area contributed by atoms with Gasteiger partial charge in [-0.15, -0.1) is 0 Å². The number of amides is 1. The maximum Gasteiger partial charge on any atom is 0.283 e. The topological polar surface area (TPSA) is 83.7 Å². The van der Waals surface area contributed by atoms with Gasteiger partial charge in [0.1, 0.15) is 0 Å². The van der Waals surface area contributed by atoms with E-state index in [0.717, 1.165) is 0 Å². The monoisotopic (exact) mass is 346 g/mol. The Labute approximate surface area is 144 Å². The fourth-order valence-corrected chi connectivity index (χ4v) is 3.27. The second-order valence-electron chi connectivity index (χ2n) is 5.36. The third kappa shape index (κ3) is 4.33. The molecule has 6 nitrogen and oxygen atoms in total. The van der Waals surface area contributed by atoms with E-state index in [9.17, 15) is 20.0 Å². The van der Waals surface area contributed by atoms with Crippen molar-refractivity contribution in [3.63, 3.8) is 0 Å². The molecule has 0 spiro atoms. The molecule has 1 N–H and O–H groups in total. The first-order chi connectivity index (χ1) is 11.4. The van der Waals surface area contributed by atoms with Crippen LogP contribution in [0.5, 0.6) is 0 Å². The molecular weight excluding hydrogens is 328 g/mol. The minimum Gasteiger partial charge on any atom is -0.392 e. The normalized spacial score (nSPS) is 11.8. The van der Waals surface area contributed by atoms with Crippen LogP contribution in [0.25, 0.3) is 0 Å². The second kappa shape index (κ2) is 7.94. The van der Waals surface area contributed by atoms with Crippen molar-refractivity contribution in [1.29, 1.82) is 0 Å². The zero-order chi connectivity index (χ0) is 17.7. The first-order valence-corrected chi connectivity index (χ1v) is 8.15. The maximum atomic E-state index is 12.6. The van der Waals surface area contributed by atoms with Gasteiger partial charge in [-0.25, -0.2) is 0 Å². The van der Waals surface area contributed by atoms with Gasteiger partial charge >= 0.3 is 0 Å². The zero-order valence-electron chi connectivity index (χ0n) is 13.4. The Morgan fingerprint density at radius 2 is 1.79 bits per heavy atom. The van der Waals surface area contributed by atoms with Crippen LogP contribution in [0.4, 0.5) is 5.69 Å². The van der Waals surface area contributed by atoms with Gasteiger partial charge < -0.3 is 10.0 Å². The van der Waals surface area contributed by atoms with E-state index in [1.54, 1.807) is 56.4 Å². The van der Waals surface area contributed by atoms with Crippen molar-refractivity contribution in [2.75, 3.05) is 13.6 Å². The minimum atomic E-state index is -0.631. The van der Waals surface area contributed by atoms with Crippen LogP contribution in [-0.2, 0) is 0 Å². The highest BCUT2D eigenvalue weighted by molar-refractivity contribution is 7.99. The summed E-state index contributed by atoms with van der Waals surface area (Å²) in [5.74, 6) is -0.238. The Morgan fingerprint density at radius 3 is 2.42 bits per heavy atom. The minimum absolute atomic E-state index is 0.00193. The Kier molecular flexibility index (Phi) is 5.94. The van der Waals surface area contributed by atoms with E-state index in [4.69, 9.17) is 0 Å². The van der Waals surface area contributed by atoms with Crippen molar-refractivity contribution in [2.24, 2.45) is 0 Å². The summed E-state index contributed by atoms with van der Waals surface area (Å²) in [6.45, 7) is 1.82. The molecule has 0 aromatic heterocycles. The smallest absolute Gasteiger partial charge is 0.283 e. The van der Waals surface area contributed by atoms with E-state index in [0.29, 0.717) is 15.4 Å². The predicted molar refractivity (Wildman–Crippen MR) is 92.3 cm³/mol. The van der Waals surface area contributed by atoms with Crippen LogP contribution in [0.1, 0.15) is 17.3 Å². The molecule has 0 heterocycles. The summed E-state index contributed by atoms with van der Waals surface area (Å²) in [4.78, 5) is 25.8. The predicted octanol–water partition coefficient (Wildman–Crippen LogP) is 3.20. The van der Waals surface area contributed by atoms with Crippen molar-refractivity contribution in [3.05, 3.63) is 64.2 Å². The zero-order valence-corrected chi connectivity index (χ0v) is 14.2. The van der Waals surface area contributed by atoms with E-state index in [-0.39, 0.29) is 18.1 Å². The molecule has 0 aliphatic carbocycles. The highest BCUT2D eigenvalue weighted by Crippen LogP contribution is 2.36. The van der Waals surface area contributed by atoms with Gasteiger partial charge in [0.2, 0.25) is 0 Å². The molecule has 0 bridgehead atoms. The van der Waals surface area contributed by atoms with E-state index in [1.807, 2.05) is 0 Å². The molecule has 2 aromatic carbocycles. The number of nitro groups is 1. The van der Waals surface area contributed by atoms with Crippen molar-refractivity contribution in [3.8, 4) is 0 Å². The Hall–Kier alpha value is -2.38. The van der Waals surface area contributed by atoms with E-state index in [1.165, 1.54) is 22.7 Å². The lowest BCUT2D eigenvalue weighted by molar-refractivity contribution is -0.387. The van der Waals surface area contributed by atoms with E-state index in [2.05, 4.69) is 0 Å². The van der Waals surface area contributed by atoms with Gasteiger partial charge in [0.05, 0.1) is 21.5 Å². The van der Waals surface area contributed by atoms with Gasteiger partial charge in [0.25, 0.3) is 11.6 Å². The number of carbonyl (C=O) groups is 1. The van der Waals surface area contributed by atoms with E-state index >= 15 is 0 Å². The molecule has 2 aromatic rings. The molecule has 1 unspecified atom stereocenters. The van der Waals surface area contributed by atoms with Gasteiger partial charge in [0, 0.05) is 24.6 Å². The molecule has 126 valence electrons. The number of benzene rings is 2. The largest absolute Gasteiger partial charge is 0.392 e. The fraction of sp³-hybridized carbons (Fsp3) is 0.235. The highest BCUT2D eigenvalue weighted by Gasteiger charge is 2.20. The molecule has 0 fully saturated rings. The first kappa shape index (κ1) is 18.0. The third-order valence-corrected chi connectivity index (χ3v) is 4.43. The highest BCUT2D eigenvalue weighted by atomic mass is 32.2. The third-order valence-electron chi connectivity index (χ3n) is 3.28. The molecule has 0 aliphatic rings. The summed E-state index contributed by atoms with van der Waals surface area (Å²) >= 11 is 1.18. The van der Waals surface area contributed by atoms with Crippen LogP contribution in [0.3, 0.4) is 0 Å². The van der Waals surface area contributed by atoms with Crippen LogP contribution in [-0.4, -0.2) is 40.5 Å². The van der Waals surface area contributed by atoms with Crippen molar-refractivity contribution in [1.82, 2.24) is 4.90 Å². The molecule has 0 aliphatic heterocycles. The number of aliphatic hydroxyl groups excluding tert-OH is 1. The molecule has 0 radical (unpaired) electrons. The SMILES string of the molecule is CC(O)CN(C)C(=O)c1ccccc1Sc1ccccc1[N+](=O)[O-]. The molecule has 0 saturated heterocycles. The van der Waals surface area contributed by atoms with E-state index < -0.39 is 11.0 Å². The number of likely N-dealkylation sites (N-methyl/N-ethyl adjacent to an activating group) is 1. The molecule has 1 atom stereocenters. The summed E-state index contributed by atoms with van der Waals surface area (Å²) in [6, 6.07) is 13.4. The van der Waals surface area contributed by atoms with Gasteiger partial charge in [-0.3, -0.25) is 14.9 Å². The first-order valence-electron chi connectivity index (χ1n) is 7.34. The lowest BCUT2D eigenvalue weighted by atomic mass is 10.2. The number of carbonyl (C=O) groups excluding carboxylic acids is 1. The van der Waals surface area contributed by atoms with Crippen LogP contribution >= 0.6 is 11.8 Å². The van der Waals surface area contributed by atoms with Crippen molar-refractivity contribution < 1.29 is 14.8 Å². The second-order valence-corrected chi connectivity index (χ2v) is 6.44. The standard InChI is InChI=1S/C17H18N2O4S/c1-12(20)11-18(2)17(21)13-7-3-5-9-15(13)24-16-10-6-4-8-14(16)19(22)23/h3-10,12,20H,11H2,1-2H3. The number of aliphatic hydroxyl groups is 1. The lowest BCUT2D eigenvalue weighted by Gasteiger charge is -2.20. The molecule has 2 rings (SSSR count). The quantitative estimate of drug-likeness (QED) is 0.641. The summed E-state index contributed by atoms with van der Waals surface area (Å²) in [5.41, 5.74) is 0.450. The van der Waals surface area contributed by atoms with Gasteiger partial charge in [-0.2, -0.15) is 0 Å². The number of para-hydroxylation sites is 1. The summed E-state index contributed by atoms with van der Waals surface area (Å²) in [7, 11) is 1.61. The van der Waals surface area contributed by atoms with Gasteiger partial charge in [-0.05, 0) is 25.1 Å².